The van der Waals surface area contributed by atoms with Crippen molar-refractivity contribution in [2.75, 3.05) is 13.1 Å². The highest BCUT2D eigenvalue weighted by atomic mass is 79.9. The second-order valence-electron chi connectivity index (χ2n) is 6.89. The van der Waals surface area contributed by atoms with Crippen LogP contribution >= 0.6 is 15.9 Å². The molecule has 1 aliphatic carbocycles. The van der Waals surface area contributed by atoms with Crippen LogP contribution in [0, 0.1) is 5.41 Å². The van der Waals surface area contributed by atoms with Crippen LogP contribution in [0.2, 0.25) is 0 Å². The number of rotatable bonds is 2. The zero-order valence-corrected chi connectivity index (χ0v) is 15.5. The zero-order chi connectivity index (χ0) is 19.3. The van der Waals surface area contributed by atoms with E-state index < -0.39 is 35.7 Å². The summed E-state index contributed by atoms with van der Waals surface area (Å²) < 4.78 is 40.8. The Labute approximate surface area is 156 Å². The maximum absolute atomic E-state index is 13.3. The summed E-state index contributed by atoms with van der Waals surface area (Å²) in [4.78, 5) is 26.7. The number of halogens is 4. The van der Waals surface area contributed by atoms with Crippen LogP contribution in [0.15, 0.2) is 28.7 Å². The van der Waals surface area contributed by atoms with Gasteiger partial charge in [0.1, 0.15) is 5.41 Å². The Bertz CT molecular complexity index is 719. The second kappa shape index (κ2) is 6.44. The van der Waals surface area contributed by atoms with Gasteiger partial charge in [0.25, 0.3) is 0 Å². The largest absolute Gasteiger partial charge is 0.465 e. The number of hydrogen-bond acceptors (Lipinski definition) is 2. The molecule has 1 heterocycles. The normalized spacial score (nSPS) is 25.1. The highest BCUT2D eigenvalue weighted by Gasteiger charge is 2.70. The van der Waals surface area contributed by atoms with Crippen LogP contribution in [0.3, 0.4) is 0 Å². The van der Waals surface area contributed by atoms with Crippen molar-refractivity contribution >= 4 is 27.9 Å². The van der Waals surface area contributed by atoms with Gasteiger partial charge in [-0.1, -0.05) is 28.1 Å². The minimum atomic E-state index is -4.58. The van der Waals surface area contributed by atoms with Crippen molar-refractivity contribution in [3.05, 3.63) is 34.3 Å². The highest BCUT2D eigenvalue weighted by Crippen LogP contribution is 2.59. The third-order valence-corrected chi connectivity index (χ3v) is 5.73. The van der Waals surface area contributed by atoms with E-state index in [0.717, 1.165) is 4.47 Å². The van der Waals surface area contributed by atoms with Gasteiger partial charge in [0.15, 0.2) is 0 Å². The first-order valence-corrected chi connectivity index (χ1v) is 8.99. The van der Waals surface area contributed by atoms with Gasteiger partial charge >= 0.3 is 12.3 Å². The van der Waals surface area contributed by atoms with E-state index in [-0.39, 0.29) is 25.9 Å². The molecule has 1 saturated carbocycles. The molecule has 1 N–H and O–H groups in total. The van der Waals surface area contributed by atoms with Crippen LogP contribution < -0.4 is 0 Å². The van der Waals surface area contributed by atoms with Crippen LogP contribution in [0.25, 0.3) is 0 Å². The second-order valence-corrected chi connectivity index (χ2v) is 7.80. The third kappa shape index (κ3) is 3.17. The summed E-state index contributed by atoms with van der Waals surface area (Å²) in [6, 6.07) is 5.56. The molecule has 1 saturated heterocycles. The van der Waals surface area contributed by atoms with Crippen molar-refractivity contribution in [3.8, 4) is 0 Å². The number of benzene rings is 1. The monoisotopic (exact) mass is 434 g/mol. The first-order valence-electron chi connectivity index (χ1n) is 8.19. The molecule has 5 nitrogen and oxygen atoms in total. The zero-order valence-electron chi connectivity index (χ0n) is 14.0. The fourth-order valence-corrected chi connectivity index (χ4v) is 3.72. The highest BCUT2D eigenvalue weighted by molar-refractivity contribution is 9.10. The van der Waals surface area contributed by atoms with E-state index in [1.54, 1.807) is 31.2 Å². The van der Waals surface area contributed by atoms with Crippen LogP contribution in [0.4, 0.5) is 18.0 Å². The summed E-state index contributed by atoms with van der Waals surface area (Å²) in [7, 11) is 0. The molecule has 9 heteroatoms. The lowest BCUT2D eigenvalue weighted by molar-refractivity contribution is -0.201. The van der Waals surface area contributed by atoms with Gasteiger partial charge in [0.2, 0.25) is 5.91 Å². The maximum atomic E-state index is 13.3. The topological polar surface area (TPSA) is 60.9 Å². The molecule has 0 aromatic heterocycles. The van der Waals surface area contributed by atoms with Crippen LogP contribution in [0.1, 0.15) is 31.4 Å². The lowest BCUT2D eigenvalue weighted by Crippen LogP contribution is -2.59. The molecule has 2 atom stereocenters. The predicted octanol–water partition coefficient (Wildman–Crippen LogP) is 4.04. The van der Waals surface area contributed by atoms with Crippen LogP contribution in [0.5, 0.6) is 0 Å². The summed E-state index contributed by atoms with van der Waals surface area (Å²) >= 11 is 3.29. The minimum absolute atomic E-state index is 0.0320. The summed E-state index contributed by atoms with van der Waals surface area (Å²) in [5.41, 5.74) is -1.66. The number of amides is 2. The maximum Gasteiger partial charge on any atom is 0.407 e. The number of hydrogen-bond donors (Lipinski definition) is 1. The van der Waals surface area contributed by atoms with E-state index in [9.17, 15) is 27.9 Å². The van der Waals surface area contributed by atoms with E-state index in [2.05, 4.69) is 15.9 Å². The number of piperazine rings is 1. The molecular weight excluding hydrogens is 417 g/mol. The fraction of sp³-hybridized carbons (Fsp3) is 0.529. The number of carbonyl (C=O) groups is 2. The van der Waals surface area contributed by atoms with E-state index in [1.165, 1.54) is 9.80 Å². The minimum Gasteiger partial charge on any atom is -0.465 e. The molecule has 142 valence electrons. The van der Waals surface area contributed by atoms with Gasteiger partial charge in [-0.3, -0.25) is 9.69 Å². The molecule has 26 heavy (non-hydrogen) atoms. The Morgan fingerprint density at radius 1 is 1.15 bits per heavy atom. The van der Waals surface area contributed by atoms with Crippen molar-refractivity contribution in [2.45, 2.75) is 38.0 Å². The van der Waals surface area contributed by atoms with Gasteiger partial charge in [0.05, 0.1) is 6.04 Å². The van der Waals surface area contributed by atoms with Crippen LogP contribution in [-0.2, 0) is 4.79 Å². The van der Waals surface area contributed by atoms with Crippen molar-refractivity contribution in [2.24, 2.45) is 5.41 Å². The van der Waals surface area contributed by atoms with E-state index >= 15 is 0 Å². The summed E-state index contributed by atoms with van der Waals surface area (Å²) in [6.07, 6.45) is -6.15. The Kier molecular flexibility index (Phi) is 4.71. The summed E-state index contributed by atoms with van der Waals surface area (Å²) in [6.45, 7) is 1.46. The molecule has 3 rings (SSSR count). The summed E-state index contributed by atoms with van der Waals surface area (Å²) in [5, 5.41) is 9.50. The van der Waals surface area contributed by atoms with Crippen molar-refractivity contribution in [1.29, 1.82) is 0 Å². The van der Waals surface area contributed by atoms with Crippen molar-refractivity contribution in [3.63, 3.8) is 0 Å². The van der Waals surface area contributed by atoms with E-state index in [0.29, 0.717) is 5.56 Å². The fourth-order valence-electron chi connectivity index (χ4n) is 3.46. The molecule has 1 aliphatic heterocycles. The number of alkyl halides is 3. The average molecular weight is 435 g/mol. The number of nitrogens with zero attached hydrogens (tertiary/aromatic N) is 2. The van der Waals surface area contributed by atoms with Gasteiger partial charge in [0, 0.05) is 23.6 Å². The lowest BCUT2D eigenvalue weighted by atomic mass is 9.96. The molecule has 0 spiro atoms. The third-order valence-electron chi connectivity index (χ3n) is 5.20. The molecule has 1 aromatic rings. The molecule has 0 radical (unpaired) electrons. The quantitative estimate of drug-likeness (QED) is 0.763. The average Bonchev–Trinajstić information content (AvgIpc) is 3.36. The standard InChI is InChI=1S/C17H18BrF3N2O3/c1-10-8-23(15(25)26)13(11-2-4-12(18)5-3-11)9-22(10)14(24)16(6-7-16)17(19,20)21/h2-5,10,13H,6-9H2,1H3,(H,25,26)/t10-,13-/m1/s1. The lowest BCUT2D eigenvalue weighted by Gasteiger charge is -2.45. The van der Waals surface area contributed by atoms with E-state index in [4.69, 9.17) is 0 Å². The predicted molar refractivity (Wildman–Crippen MR) is 90.5 cm³/mol. The first-order chi connectivity index (χ1) is 12.1. The SMILES string of the molecule is C[C@@H]1CN(C(=O)O)[C@@H](c2ccc(Br)cc2)CN1C(=O)C1(C(F)(F)F)CC1. The molecule has 2 aliphatic rings. The molecule has 2 amide bonds. The van der Waals surface area contributed by atoms with E-state index in [1.807, 2.05) is 0 Å². The molecular formula is C17H18BrF3N2O3. The Hall–Kier alpha value is -1.77. The van der Waals surface area contributed by atoms with Crippen LogP contribution in [-0.4, -0.2) is 52.2 Å². The Morgan fingerprint density at radius 3 is 2.19 bits per heavy atom. The molecule has 0 unspecified atom stereocenters. The van der Waals surface area contributed by atoms with Gasteiger partial charge in [-0.25, -0.2) is 4.79 Å². The molecule has 1 aromatic carbocycles. The van der Waals surface area contributed by atoms with Crippen molar-refractivity contribution < 1.29 is 27.9 Å². The number of carboxylic acid groups (broad SMARTS) is 1. The first kappa shape index (κ1) is 19.0. The smallest absolute Gasteiger partial charge is 0.407 e. The van der Waals surface area contributed by atoms with Gasteiger partial charge in [-0.05, 0) is 37.5 Å². The van der Waals surface area contributed by atoms with Gasteiger partial charge < -0.3 is 10.0 Å². The molecule has 2 fully saturated rings. The Morgan fingerprint density at radius 2 is 1.73 bits per heavy atom. The molecule has 0 bridgehead atoms. The van der Waals surface area contributed by atoms with Crippen molar-refractivity contribution in [1.82, 2.24) is 9.80 Å². The number of carbonyl (C=O) groups excluding carboxylic acids is 1. The van der Waals surface area contributed by atoms with Gasteiger partial charge in [-0.2, -0.15) is 13.2 Å². The summed E-state index contributed by atoms with van der Waals surface area (Å²) in [5.74, 6) is -0.940. The Balaban J connectivity index is 1.90. The van der Waals surface area contributed by atoms with Gasteiger partial charge in [-0.15, -0.1) is 0 Å².